The van der Waals surface area contributed by atoms with Crippen molar-refractivity contribution >= 4 is 37.9 Å². The number of aryl methyl sites for hydroxylation is 1. The number of carbonyl (C=O) groups excluding carboxylic acids is 1. The van der Waals surface area contributed by atoms with Crippen molar-refractivity contribution in [1.29, 1.82) is 5.26 Å². The van der Waals surface area contributed by atoms with E-state index in [-0.39, 0.29) is 10.8 Å². The van der Waals surface area contributed by atoms with Crippen LogP contribution in [0.2, 0.25) is 0 Å². The topological polar surface area (TPSA) is 112 Å². The first-order chi connectivity index (χ1) is 14.6. The quantitative estimate of drug-likeness (QED) is 0.582. The van der Waals surface area contributed by atoms with Gasteiger partial charge in [-0.1, -0.05) is 26.0 Å². The van der Waals surface area contributed by atoms with Gasteiger partial charge in [-0.2, -0.15) is 9.98 Å². The molecule has 0 aliphatic heterocycles. The van der Waals surface area contributed by atoms with Crippen LogP contribution in [0, 0.1) is 24.2 Å². The number of nitrogens with zero attached hydrogens (tertiary/aromatic N) is 1. The Morgan fingerprint density at radius 3 is 2.55 bits per heavy atom. The minimum Gasteiger partial charge on any atom is -0.456 e. The number of sulfonamides is 1. The van der Waals surface area contributed by atoms with Crippen LogP contribution in [0.4, 0.5) is 0 Å². The summed E-state index contributed by atoms with van der Waals surface area (Å²) in [5, 5.41) is 13.5. The molecule has 0 bridgehead atoms. The highest BCUT2D eigenvalue weighted by atomic mass is 32.2. The lowest BCUT2D eigenvalue weighted by Crippen LogP contribution is -2.50. The molecule has 1 amide bonds. The Bertz CT molecular complexity index is 1310. The highest BCUT2D eigenvalue weighted by molar-refractivity contribution is 7.89. The number of nitrogens with one attached hydrogen (secondary N) is 2. The molecule has 31 heavy (non-hydrogen) atoms. The Balaban J connectivity index is 1.65. The van der Waals surface area contributed by atoms with Gasteiger partial charge in [-0.3, -0.25) is 4.79 Å². The lowest BCUT2D eigenvalue weighted by Gasteiger charge is -2.21. The van der Waals surface area contributed by atoms with Gasteiger partial charge in [0, 0.05) is 10.8 Å². The molecular formula is C23H25N3O4S. The van der Waals surface area contributed by atoms with Crippen molar-refractivity contribution in [2.24, 2.45) is 5.92 Å². The number of nitriles is 1. The van der Waals surface area contributed by atoms with E-state index >= 15 is 0 Å². The molecule has 2 N–H and O–H groups in total. The smallest absolute Gasteiger partial charge is 0.241 e. The van der Waals surface area contributed by atoms with E-state index in [2.05, 4.69) is 16.1 Å². The molecule has 3 aromatic rings. The van der Waals surface area contributed by atoms with Crippen LogP contribution in [0.25, 0.3) is 21.9 Å². The van der Waals surface area contributed by atoms with Crippen LogP contribution >= 0.6 is 0 Å². The maximum absolute atomic E-state index is 13.1. The maximum atomic E-state index is 13.1. The van der Waals surface area contributed by atoms with Crippen LogP contribution < -0.4 is 10.0 Å². The van der Waals surface area contributed by atoms with Gasteiger partial charge < -0.3 is 9.73 Å². The molecule has 0 unspecified atom stereocenters. The van der Waals surface area contributed by atoms with Crippen molar-refractivity contribution in [3.63, 3.8) is 0 Å². The normalized spacial score (nSPS) is 16.4. The van der Waals surface area contributed by atoms with E-state index in [1.807, 2.05) is 39.0 Å². The SMILES string of the molecule is Cc1ccc2c(c1)oc1ccc(S(=O)(=O)N[C@@H](CC(C)C)C(=O)NC3(C#N)CC3)cc12. The zero-order valence-electron chi connectivity index (χ0n) is 17.7. The molecule has 1 fully saturated rings. The average Bonchev–Trinajstić information content (AvgIpc) is 3.38. The second-order valence-electron chi connectivity index (χ2n) is 8.75. The number of amides is 1. The van der Waals surface area contributed by atoms with Crippen molar-refractivity contribution in [3.05, 3.63) is 42.0 Å². The molecular weight excluding hydrogens is 414 g/mol. The minimum absolute atomic E-state index is 0.0613. The van der Waals surface area contributed by atoms with E-state index in [1.54, 1.807) is 12.1 Å². The summed E-state index contributed by atoms with van der Waals surface area (Å²) >= 11 is 0. The average molecular weight is 440 g/mol. The first-order valence-electron chi connectivity index (χ1n) is 10.3. The Morgan fingerprint density at radius 1 is 1.16 bits per heavy atom. The molecule has 0 saturated heterocycles. The molecule has 1 aliphatic rings. The summed E-state index contributed by atoms with van der Waals surface area (Å²) in [6, 6.07) is 11.6. The van der Waals surface area contributed by atoms with Crippen LogP contribution in [0.15, 0.2) is 45.7 Å². The molecule has 1 saturated carbocycles. The first-order valence-corrected chi connectivity index (χ1v) is 11.8. The molecule has 8 heteroatoms. The van der Waals surface area contributed by atoms with Gasteiger partial charge in [0.2, 0.25) is 15.9 Å². The van der Waals surface area contributed by atoms with Crippen LogP contribution in [0.5, 0.6) is 0 Å². The van der Waals surface area contributed by atoms with Crippen LogP contribution in [0.3, 0.4) is 0 Å². The van der Waals surface area contributed by atoms with Crippen LogP contribution in [-0.4, -0.2) is 25.9 Å². The standard InChI is InChI=1S/C23H25N3O4S/c1-14(2)10-19(22(27)25-23(13-24)8-9-23)26-31(28,29)16-5-7-20-18(12-16)17-6-4-15(3)11-21(17)30-20/h4-7,11-12,14,19,26H,8-10H2,1-3H3,(H,25,27)/t19-/m0/s1. The van der Waals surface area contributed by atoms with Gasteiger partial charge in [0.1, 0.15) is 22.7 Å². The fourth-order valence-electron chi connectivity index (χ4n) is 3.68. The third-order valence-electron chi connectivity index (χ3n) is 5.56. The van der Waals surface area contributed by atoms with Gasteiger partial charge in [-0.05, 0) is 61.9 Å². The van der Waals surface area contributed by atoms with Crippen molar-refractivity contribution in [2.75, 3.05) is 0 Å². The van der Waals surface area contributed by atoms with E-state index < -0.39 is 27.5 Å². The Kier molecular flexibility index (Phi) is 5.28. The number of carbonyl (C=O) groups is 1. The van der Waals surface area contributed by atoms with Crippen molar-refractivity contribution in [2.45, 2.75) is 56.5 Å². The number of fused-ring (bicyclic) bond motifs is 3. The first kappa shape index (κ1) is 21.3. The van der Waals surface area contributed by atoms with Crippen molar-refractivity contribution < 1.29 is 17.6 Å². The van der Waals surface area contributed by atoms with E-state index in [0.29, 0.717) is 35.8 Å². The van der Waals surface area contributed by atoms with Gasteiger partial charge in [-0.25, -0.2) is 8.42 Å². The zero-order valence-corrected chi connectivity index (χ0v) is 18.5. The predicted molar refractivity (Wildman–Crippen MR) is 118 cm³/mol. The van der Waals surface area contributed by atoms with Gasteiger partial charge >= 0.3 is 0 Å². The lowest BCUT2D eigenvalue weighted by molar-refractivity contribution is -0.123. The largest absolute Gasteiger partial charge is 0.456 e. The van der Waals surface area contributed by atoms with Gasteiger partial charge in [0.25, 0.3) is 0 Å². The molecule has 7 nitrogen and oxygen atoms in total. The van der Waals surface area contributed by atoms with Crippen LogP contribution in [-0.2, 0) is 14.8 Å². The maximum Gasteiger partial charge on any atom is 0.241 e. The zero-order chi connectivity index (χ0) is 22.4. The molecule has 1 aromatic heterocycles. The van der Waals surface area contributed by atoms with E-state index in [1.165, 1.54) is 6.07 Å². The summed E-state index contributed by atoms with van der Waals surface area (Å²) in [6.45, 7) is 5.79. The van der Waals surface area contributed by atoms with Gasteiger partial charge in [0.15, 0.2) is 0 Å². The minimum atomic E-state index is -3.97. The summed E-state index contributed by atoms with van der Waals surface area (Å²) in [5.74, 6) is -0.388. The number of hydrogen-bond donors (Lipinski definition) is 2. The highest BCUT2D eigenvalue weighted by Crippen LogP contribution is 2.35. The number of hydrogen-bond acceptors (Lipinski definition) is 5. The van der Waals surface area contributed by atoms with Gasteiger partial charge in [0.05, 0.1) is 11.0 Å². The Hall–Kier alpha value is -2.89. The predicted octanol–water partition coefficient (Wildman–Crippen LogP) is 3.76. The molecule has 1 atom stereocenters. The molecule has 0 spiro atoms. The second-order valence-corrected chi connectivity index (χ2v) is 10.5. The molecule has 162 valence electrons. The third-order valence-corrected chi connectivity index (χ3v) is 7.03. The number of benzene rings is 2. The van der Waals surface area contributed by atoms with Crippen molar-refractivity contribution in [3.8, 4) is 6.07 Å². The van der Waals surface area contributed by atoms with E-state index in [9.17, 15) is 18.5 Å². The summed E-state index contributed by atoms with van der Waals surface area (Å²) in [4.78, 5) is 12.8. The summed E-state index contributed by atoms with van der Waals surface area (Å²) in [5.41, 5.74) is 1.49. The second kappa shape index (κ2) is 7.66. The number of rotatable bonds is 7. The summed E-state index contributed by atoms with van der Waals surface area (Å²) in [6.07, 6.45) is 1.49. The highest BCUT2D eigenvalue weighted by Gasteiger charge is 2.46. The van der Waals surface area contributed by atoms with Gasteiger partial charge in [-0.15, -0.1) is 0 Å². The third kappa shape index (κ3) is 4.29. The summed E-state index contributed by atoms with van der Waals surface area (Å²) in [7, 11) is -3.97. The lowest BCUT2D eigenvalue weighted by atomic mass is 10.0. The van der Waals surface area contributed by atoms with E-state index in [4.69, 9.17) is 4.42 Å². The van der Waals surface area contributed by atoms with Crippen LogP contribution in [0.1, 0.15) is 38.7 Å². The molecule has 1 aliphatic carbocycles. The summed E-state index contributed by atoms with van der Waals surface area (Å²) < 4.78 is 34.7. The van der Waals surface area contributed by atoms with Crippen molar-refractivity contribution in [1.82, 2.24) is 10.0 Å². The van der Waals surface area contributed by atoms with E-state index in [0.717, 1.165) is 10.9 Å². The molecule has 4 rings (SSSR count). The fourth-order valence-corrected chi connectivity index (χ4v) is 4.91. The monoisotopic (exact) mass is 439 g/mol. The Morgan fingerprint density at radius 2 is 1.90 bits per heavy atom. The molecule has 1 heterocycles. The molecule has 2 aromatic carbocycles. The number of furan rings is 1. The Labute approximate surface area is 181 Å². The fraction of sp³-hybridized carbons (Fsp3) is 0.391. The molecule has 0 radical (unpaired) electrons.